The number of benzene rings is 1. The highest BCUT2D eigenvalue weighted by Crippen LogP contribution is 2.20. The lowest BCUT2D eigenvalue weighted by Gasteiger charge is -2.15. The van der Waals surface area contributed by atoms with Crippen molar-refractivity contribution in [3.63, 3.8) is 0 Å². The molecule has 2 aromatic rings. The zero-order valence-corrected chi connectivity index (χ0v) is 11.0. The summed E-state index contributed by atoms with van der Waals surface area (Å²) in [7, 11) is 0. The Labute approximate surface area is 112 Å². The number of aromatic nitrogens is 1. The maximum absolute atomic E-state index is 11.5. The van der Waals surface area contributed by atoms with Crippen molar-refractivity contribution in [3.8, 4) is 5.69 Å². The minimum Gasteiger partial charge on any atom is -0.466 e. The van der Waals surface area contributed by atoms with Crippen LogP contribution in [0.2, 0.25) is 0 Å². The van der Waals surface area contributed by atoms with E-state index in [2.05, 4.69) is 0 Å². The molecule has 2 rings (SSSR count). The second-order valence-corrected chi connectivity index (χ2v) is 4.25. The van der Waals surface area contributed by atoms with Gasteiger partial charge in [-0.2, -0.15) is 0 Å². The Hall–Kier alpha value is -2.07. The number of para-hydroxylation sites is 1. The first-order chi connectivity index (χ1) is 9.22. The van der Waals surface area contributed by atoms with E-state index in [0.29, 0.717) is 6.61 Å². The Balaban J connectivity index is 2.18. The van der Waals surface area contributed by atoms with Crippen molar-refractivity contribution in [2.75, 3.05) is 6.61 Å². The van der Waals surface area contributed by atoms with Gasteiger partial charge in [0.2, 0.25) is 0 Å². The average molecular weight is 258 g/mol. The standard InChI is InChI=1S/C15H18N2O2/c1-2-19-15(18)11-13(16)14-9-6-10-17(14)12-7-4-3-5-8-12/h3-10,13H,2,11,16H2,1H3/t13-/m0/s1. The van der Waals surface area contributed by atoms with Crippen LogP contribution in [0, 0.1) is 0 Å². The molecule has 0 saturated heterocycles. The molecule has 2 N–H and O–H groups in total. The summed E-state index contributed by atoms with van der Waals surface area (Å²) in [6.07, 6.45) is 2.13. The molecule has 0 aliphatic heterocycles. The summed E-state index contributed by atoms with van der Waals surface area (Å²) in [5.41, 5.74) is 8.02. The van der Waals surface area contributed by atoms with Crippen molar-refractivity contribution >= 4 is 5.97 Å². The molecule has 0 aliphatic carbocycles. The predicted octanol–water partition coefficient (Wildman–Crippen LogP) is 2.43. The summed E-state index contributed by atoms with van der Waals surface area (Å²) < 4.78 is 6.92. The average Bonchev–Trinajstić information content (AvgIpc) is 2.89. The molecule has 1 atom stereocenters. The molecular formula is C15H18N2O2. The van der Waals surface area contributed by atoms with Gasteiger partial charge in [0, 0.05) is 17.6 Å². The van der Waals surface area contributed by atoms with Crippen LogP contribution in [-0.2, 0) is 9.53 Å². The zero-order valence-electron chi connectivity index (χ0n) is 11.0. The van der Waals surface area contributed by atoms with Crippen molar-refractivity contribution in [1.82, 2.24) is 4.57 Å². The van der Waals surface area contributed by atoms with Crippen LogP contribution in [-0.4, -0.2) is 17.1 Å². The van der Waals surface area contributed by atoms with Gasteiger partial charge in [0.1, 0.15) is 0 Å². The number of rotatable bonds is 5. The highest BCUT2D eigenvalue weighted by molar-refractivity contribution is 5.70. The van der Waals surface area contributed by atoms with E-state index in [1.807, 2.05) is 53.2 Å². The summed E-state index contributed by atoms with van der Waals surface area (Å²) in [4.78, 5) is 11.5. The number of esters is 1. The second-order valence-electron chi connectivity index (χ2n) is 4.25. The van der Waals surface area contributed by atoms with Crippen molar-refractivity contribution in [2.45, 2.75) is 19.4 Å². The molecule has 1 aromatic heterocycles. The lowest BCUT2D eigenvalue weighted by atomic mass is 10.1. The van der Waals surface area contributed by atoms with Gasteiger partial charge in [-0.25, -0.2) is 0 Å². The Bertz CT molecular complexity index is 534. The van der Waals surface area contributed by atoms with Crippen LogP contribution < -0.4 is 5.73 Å². The van der Waals surface area contributed by atoms with Gasteiger partial charge in [-0.05, 0) is 31.2 Å². The van der Waals surface area contributed by atoms with E-state index in [-0.39, 0.29) is 18.4 Å². The molecule has 4 heteroatoms. The molecule has 0 aliphatic rings. The molecule has 1 aromatic carbocycles. The summed E-state index contributed by atoms with van der Waals surface area (Å²) in [6, 6.07) is 13.4. The van der Waals surface area contributed by atoms with Crippen LogP contribution in [0.5, 0.6) is 0 Å². The smallest absolute Gasteiger partial charge is 0.307 e. The van der Waals surface area contributed by atoms with Crippen LogP contribution in [0.4, 0.5) is 0 Å². The molecule has 0 bridgehead atoms. The van der Waals surface area contributed by atoms with Gasteiger partial charge in [-0.3, -0.25) is 4.79 Å². The molecule has 0 saturated carbocycles. The van der Waals surface area contributed by atoms with Gasteiger partial charge < -0.3 is 15.0 Å². The quantitative estimate of drug-likeness (QED) is 0.838. The van der Waals surface area contributed by atoms with Crippen LogP contribution in [0.15, 0.2) is 48.7 Å². The fraction of sp³-hybridized carbons (Fsp3) is 0.267. The van der Waals surface area contributed by atoms with Crippen molar-refractivity contribution in [1.29, 1.82) is 0 Å². The van der Waals surface area contributed by atoms with E-state index in [0.717, 1.165) is 11.4 Å². The van der Waals surface area contributed by atoms with Gasteiger partial charge in [0.25, 0.3) is 0 Å². The van der Waals surface area contributed by atoms with E-state index < -0.39 is 0 Å². The maximum Gasteiger partial charge on any atom is 0.307 e. The summed E-state index contributed by atoms with van der Waals surface area (Å²) in [5.74, 6) is -0.268. The zero-order chi connectivity index (χ0) is 13.7. The molecule has 0 amide bonds. The van der Waals surface area contributed by atoms with Gasteiger partial charge in [0.15, 0.2) is 0 Å². The SMILES string of the molecule is CCOC(=O)C[C@H](N)c1cccn1-c1ccccc1. The molecule has 0 fully saturated rings. The van der Waals surface area contributed by atoms with E-state index in [9.17, 15) is 4.79 Å². The Morgan fingerprint density at radius 1 is 1.26 bits per heavy atom. The van der Waals surface area contributed by atoms with Crippen LogP contribution in [0.3, 0.4) is 0 Å². The van der Waals surface area contributed by atoms with Crippen molar-refractivity contribution in [2.24, 2.45) is 5.73 Å². The molecule has 0 unspecified atom stereocenters. The Kier molecular flexibility index (Phi) is 4.36. The fourth-order valence-electron chi connectivity index (χ4n) is 2.02. The number of hydrogen-bond acceptors (Lipinski definition) is 3. The highest BCUT2D eigenvalue weighted by Gasteiger charge is 2.16. The third-order valence-corrected chi connectivity index (χ3v) is 2.89. The Morgan fingerprint density at radius 2 is 2.00 bits per heavy atom. The number of nitrogens with zero attached hydrogens (tertiary/aromatic N) is 1. The summed E-state index contributed by atoms with van der Waals surface area (Å²) >= 11 is 0. The van der Waals surface area contributed by atoms with Crippen LogP contribution >= 0.6 is 0 Å². The summed E-state index contributed by atoms with van der Waals surface area (Å²) in [5, 5.41) is 0. The fourth-order valence-corrected chi connectivity index (χ4v) is 2.02. The van der Waals surface area contributed by atoms with E-state index in [1.165, 1.54) is 0 Å². The van der Waals surface area contributed by atoms with E-state index in [1.54, 1.807) is 6.92 Å². The molecule has 0 radical (unpaired) electrons. The van der Waals surface area contributed by atoms with E-state index >= 15 is 0 Å². The lowest BCUT2D eigenvalue weighted by molar-refractivity contribution is -0.143. The minimum absolute atomic E-state index is 0.185. The van der Waals surface area contributed by atoms with Gasteiger partial charge in [-0.1, -0.05) is 18.2 Å². The van der Waals surface area contributed by atoms with Gasteiger partial charge in [-0.15, -0.1) is 0 Å². The molecular weight excluding hydrogens is 240 g/mol. The largest absolute Gasteiger partial charge is 0.466 e. The normalized spacial score (nSPS) is 12.1. The number of ether oxygens (including phenoxy) is 1. The second kappa shape index (κ2) is 6.20. The summed E-state index contributed by atoms with van der Waals surface area (Å²) in [6.45, 7) is 2.17. The first-order valence-corrected chi connectivity index (χ1v) is 6.36. The van der Waals surface area contributed by atoms with Crippen molar-refractivity contribution in [3.05, 3.63) is 54.4 Å². The van der Waals surface area contributed by atoms with Crippen LogP contribution in [0.1, 0.15) is 25.1 Å². The molecule has 4 nitrogen and oxygen atoms in total. The number of carbonyl (C=O) groups is 1. The van der Waals surface area contributed by atoms with Gasteiger partial charge >= 0.3 is 5.97 Å². The molecule has 100 valence electrons. The molecule has 19 heavy (non-hydrogen) atoms. The highest BCUT2D eigenvalue weighted by atomic mass is 16.5. The topological polar surface area (TPSA) is 57.2 Å². The van der Waals surface area contributed by atoms with Crippen LogP contribution in [0.25, 0.3) is 5.69 Å². The van der Waals surface area contributed by atoms with E-state index in [4.69, 9.17) is 10.5 Å². The maximum atomic E-state index is 11.5. The number of nitrogens with two attached hydrogens (primary N) is 1. The molecule has 1 heterocycles. The minimum atomic E-state index is -0.366. The first kappa shape index (κ1) is 13.4. The predicted molar refractivity (Wildman–Crippen MR) is 73.9 cm³/mol. The third-order valence-electron chi connectivity index (χ3n) is 2.89. The first-order valence-electron chi connectivity index (χ1n) is 6.36. The monoisotopic (exact) mass is 258 g/mol. The van der Waals surface area contributed by atoms with Crippen molar-refractivity contribution < 1.29 is 9.53 Å². The lowest BCUT2D eigenvalue weighted by Crippen LogP contribution is -2.19. The third kappa shape index (κ3) is 3.23. The number of hydrogen-bond donors (Lipinski definition) is 1. The molecule has 0 spiro atoms. The number of carbonyl (C=O) groups excluding carboxylic acids is 1. The Morgan fingerprint density at radius 3 is 2.68 bits per heavy atom. The van der Waals surface area contributed by atoms with Gasteiger partial charge in [0.05, 0.1) is 19.1 Å².